The summed E-state index contributed by atoms with van der Waals surface area (Å²) in [5.74, 6) is 2.67. The van der Waals surface area contributed by atoms with E-state index in [1.807, 2.05) is 32.9 Å². The van der Waals surface area contributed by atoms with Gasteiger partial charge in [-0.3, -0.25) is 0 Å². The van der Waals surface area contributed by atoms with Gasteiger partial charge in [0.1, 0.15) is 11.5 Å². The summed E-state index contributed by atoms with van der Waals surface area (Å²) in [6.45, 7) is 10.7. The van der Waals surface area contributed by atoms with Crippen molar-refractivity contribution in [2.24, 2.45) is 0 Å². The minimum absolute atomic E-state index is 0.00349. The Balaban J connectivity index is 1.96. The Morgan fingerprint density at radius 2 is 1.34 bits per heavy atom. The van der Waals surface area contributed by atoms with Crippen LogP contribution in [0.1, 0.15) is 70.4 Å². The molecule has 0 aliphatic carbocycles. The Morgan fingerprint density at radius 1 is 0.793 bits per heavy atom. The number of rotatable bonds is 12. The van der Waals surface area contributed by atoms with E-state index in [2.05, 4.69) is 50.2 Å². The Hall–Kier alpha value is -2.04. The standard InChI is InChI=1S/C25H36O4/c1-6-21(17-19(4)22-7-11-24(12-8-22)28-18(2)3)23-9-13-25(14-10-23)29-20(5)27-16-15-26/h7-14,18-21,26H,6,15-17H2,1-5H3. The van der Waals surface area contributed by atoms with Crippen LogP contribution in [0.15, 0.2) is 48.5 Å². The third-order valence-electron chi connectivity index (χ3n) is 5.05. The van der Waals surface area contributed by atoms with Crippen molar-refractivity contribution in [1.82, 2.24) is 0 Å². The largest absolute Gasteiger partial charge is 0.491 e. The summed E-state index contributed by atoms with van der Waals surface area (Å²) in [5.41, 5.74) is 2.67. The second kappa shape index (κ2) is 11.8. The lowest BCUT2D eigenvalue weighted by Crippen LogP contribution is -2.18. The van der Waals surface area contributed by atoms with Gasteiger partial charge in [-0.05, 0) is 80.8 Å². The SMILES string of the molecule is CCC(CC(C)c1ccc(OC(C)C)cc1)c1ccc(OC(C)OCCO)cc1. The molecule has 29 heavy (non-hydrogen) atoms. The van der Waals surface area contributed by atoms with E-state index in [-0.39, 0.29) is 25.6 Å². The van der Waals surface area contributed by atoms with Gasteiger partial charge >= 0.3 is 0 Å². The molecule has 0 aliphatic rings. The normalized spacial score (nSPS) is 14.4. The average molecular weight is 401 g/mol. The first-order valence-electron chi connectivity index (χ1n) is 10.7. The minimum atomic E-state index is -0.377. The number of hydrogen-bond donors (Lipinski definition) is 1. The van der Waals surface area contributed by atoms with Gasteiger partial charge in [0, 0.05) is 0 Å². The Kier molecular flexibility index (Phi) is 9.49. The topological polar surface area (TPSA) is 47.9 Å². The van der Waals surface area contributed by atoms with E-state index in [0.717, 1.165) is 24.3 Å². The molecule has 160 valence electrons. The molecule has 2 aromatic carbocycles. The molecule has 0 amide bonds. The number of ether oxygens (including phenoxy) is 3. The summed E-state index contributed by atoms with van der Waals surface area (Å²) < 4.78 is 16.8. The number of hydrogen-bond acceptors (Lipinski definition) is 4. The maximum atomic E-state index is 8.82. The van der Waals surface area contributed by atoms with Crippen molar-refractivity contribution in [3.63, 3.8) is 0 Å². The Morgan fingerprint density at radius 3 is 1.86 bits per heavy atom. The van der Waals surface area contributed by atoms with Crippen molar-refractivity contribution in [2.45, 2.75) is 71.7 Å². The molecule has 0 spiro atoms. The molecule has 2 aromatic rings. The second-order valence-electron chi connectivity index (χ2n) is 7.83. The molecule has 0 aromatic heterocycles. The third kappa shape index (κ3) is 7.71. The molecule has 3 unspecified atom stereocenters. The lowest BCUT2D eigenvalue weighted by Gasteiger charge is -2.22. The molecular formula is C25H36O4. The van der Waals surface area contributed by atoms with Crippen LogP contribution in [0.25, 0.3) is 0 Å². The number of aliphatic hydroxyl groups excluding tert-OH is 1. The highest BCUT2D eigenvalue weighted by Crippen LogP contribution is 2.33. The van der Waals surface area contributed by atoms with Crippen molar-refractivity contribution >= 4 is 0 Å². The Labute approximate surface area is 175 Å². The van der Waals surface area contributed by atoms with E-state index in [4.69, 9.17) is 19.3 Å². The molecule has 0 aliphatic heterocycles. The van der Waals surface area contributed by atoms with Gasteiger partial charge in [-0.1, -0.05) is 38.1 Å². The smallest absolute Gasteiger partial charge is 0.197 e. The molecule has 0 heterocycles. The van der Waals surface area contributed by atoms with Crippen molar-refractivity contribution in [3.05, 3.63) is 59.7 Å². The van der Waals surface area contributed by atoms with Crippen LogP contribution in [0, 0.1) is 0 Å². The van der Waals surface area contributed by atoms with Gasteiger partial charge < -0.3 is 19.3 Å². The molecule has 0 fully saturated rings. The van der Waals surface area contributed by atoms with Crippen LogP contribution in [0.3, 0.4) is 0 Å². The lowest BCUT2D eigenvalue weighted by atomic mass is 9.84. The van der Waals surface area contributed by atoms with Crippen molar-refractivity contribution in [2.75, 3.05) is 13.2 Å². The lowest BCUT2D eigenvalue weighted by molar-refractivity contribution is -0.0760. The van der Waals surface area contributed by atoms with E-state index in [1.165, 1.54) is 11.1 Å². The van der Waals surface area contributed by atoms with E-state index in [0.29, 0.717) is 11.8 Å². The first-order chi connectivity index (χ1) is 13.9. The zero-order valence-corrected chi connectivity index (χ0v) is 18.4. The molecule has 0 saturated heterocycles. The summed E-state index contributed by atoms with van der Waals surface area (Å²) >= 11 is 0. The zero-order chi connectivity index (χ0) is 21.2. The minimum Gasteiger partial charge on any atom is -0.491 e. The maximum Gasteiger partial charge on any atom is 0.197 e. The van der Waals surface area contributed by atoms with Crippen LogP contribution in [-0.4, -0.2) is 30.7 Å². The zero-order valence-electron chi connectivity index (χ0n) is 18.4. The van der Waals surface area contributed by atoms with Crippen molar-refractivity contribution in [3.8, 4) is 11.5 Å². The molecular weight excluding hydrogens is 364 g/mol. The summed E-state index contributed by atoms with van der Waals surface area (Å²) in [6, 6.07) is 16.8. The fourth-order valence-corrected chi connectivity index (χ4v) is 3.51. The van der Waals surface area contributed by atoms with E-state index >= 15 is 0 Å². The van der Waals surface area contributed by atoms with Gasteiger partial charge in [0.25, 0.3) is 0 Å². The highest BCUT2D eigenvalue weighted by molar-refractivity contribution is 5.32. The molecule has 2 rings (SSSR count). The van der Waals surface area contributed by atoms with Gasteiger partial charge in [0.2, 0.25) is 0 Å². The summed E-state index contributed by atoms with van der Waals surface area (Å²) in [6.07, 6.45) is 2.00. The van der Waals surface area contributed by atoms with Crippen LogP contribution in [-0.2, 0) is 4.74 Å². The predicted octanol–water partition coefficient (Wildman–Crippen LogP) is 5.89. The fraction of sp³-hybridized carbons (Fsp3) is 0.520. The molecule has 0 bridgehead atoms. The number of aliphatic hydroxyl groups is 1. The molecule has 4 heteroatoms. The Bertz CT molecular complexity index is 694. The van der Waals surface area contributed by atoms with E-state index < -0.39 is 0 Å². The predicted molar refractivity (Wildman–Crippen MR) is 118 cm³/mol. The van der Waals surface area contributed by atoms with Gasteiger partial charge in [-0.15, -0.1) is 0 Å². The van der Waals surface area contributed by atoms with E-state index in [9.17, 15) is 0 Å². The van der Waals surface area contributed by atoms with Gasteiger partial charge in [-0.2, -0.15) is 0 Å². The number of benzene rings is 2. The van der Waals surface area contributed by atoms with Crippen LogP contribution in [0.2, 0.25) is 0 Å². The monoisotopic (exact) mass is 400 g/mol. The molecule has 0 radical (unpaired) electrons. The van der Waals surface area contributed by atoms with E-state index in [1.54, 1.807) is 0 Å². The maximum absolute atomic E-state index is 8.82. The quantitative estimate of drug-likeness (QED) is 0.451. The van der Waals surface area contributed by atoms with Crippen LogP contribution < -0.4 is 9.47 Å². The second-order valence-corrected chi connectivity index (χ2v) is 7.83. The average Bonchev–Trinajstić information content (AvgIpc) is 2.71. The third-order valence-corrected chi connectivity index (χ3v) is 5.05. The fourth-order valence-electron chi connectivity index (χ4n) is 3.51. The summed E-state index contributed by atoms with van der Waals surface area (Å²) in [7, 11) is 0. The highest BCUT2D eigenvalue weighted by atomic mass is 16.7. The van der Waals surface area contributed by atoms with Gasteiger partial charge in [0.15, 0.2) is 6.29 Å². The first-order valence-corrected chi connectivity index (χ1v) is 10.7. The molecule has 3 atom stereocenters. The first kappa shape index (κ1) is 23.2. The van der Waals surface area contributed by atoms with Crippen molar-refractivity contribution < 1.29 is 19.3 Å². The summed E-state index contributed by atoms with van der Waals surface area (Å²) in [5, 5.41) is 8.82. The molecule has 4 nitrogen and oxygen atoms in total. The van der Waals surface area contributed by atoms with Crippen LogP contribution >= 0.6 is 0 Å². The summed E-state index contributed by atoms with van der Waals surface area (Å²) in [4.78, 5) is 0. The van der Waals surface area contributed by atoms with Crippen LogP contribution in [0.4, 0.5) is 0 Å². The van der Waals surface area contributed by atoms with Crippen LogP contribution in [0.5, 0.6) is 11.5 Å². The van der Waals surface area contributed by atoms with Gasteiger partial charge in [0.05, 0.1) is 19.3 Å². The van der Waals surface area contributed by atoms with Gasteiger partial charge in [-0.25, -0.2) is 0 Å². The highest BCUT2D eigenvalue weighted by Gasteiger charge is 2.16. The molecule has 1 N–H and O–H groups in total. The van der Waals surface area contributed by atoms with Crippen molar-refractivity contribution in [1.29, 1.82) is 0 Å². The molecule has 0 saturated carbocycles.